The van der Waals surface area contributed by atoms with Gasteiger partial charge in [0.25, 0.3) is 5.91 Å². The second-order valence-corrected chi connectivity index (χ2v) is 7.53. The predicted molar refractivity (Wildman–Crippen MR) is 114 cm³/mol. The molecule has 7 nitrogen and oxygen atoms in total. The number of piperidine rings is 1. The van der Waals surface area contributed by atoms with E-state index in [-0.39, 0.29) is 11.9 Å². The van der Waals surface area contributed by atoms with Crippen molar-refractivity contribution in [3.63, 3.8) is 0 Å². The number of likely N-dealkylation sites (tertiary alicyclic amines) is 1. The molecule has 0 radical (unpaired) electrons. The van der Waals surface area contributed by atoms with E-state index in [0.717, 1.165) is 37.1 Å². The van der Waals surface area contributed by atoms with E-state index in [0.29, 0.717) is 35.0 Å². The third-order valence-corrected chi connectivity index (χ3v) is 5.41. The van der Waals surface area contributed by atoms with Crippen LogP contribution in [0.25, 0.3) is 10.9 Å². The van der Waals surface area contributed by atoms with Crippen LogP contribution in [0.3, 0.4) is 0 Å². The molecule has 0 bridgehead atoms. The van der Waals surface area contributed by atoms with Gasteiger partial charge < -0.3 is 21.1 Å². The van der Waals surface area contributed by atoms with Crippen molar-refractivity contribution in [2.24, 2.45) is 5.92 Å². The number of anilines is 2. The average molecular weight is 391 g/mol. The Morgan fingerprint density at radius 2 is 1.83 bits per heavy atom. The number of hydrogen-bond donors (Lipinski definition) is 2. The van der Waals surface area contributed by atoms with Gasteiger partial charge in [-0.25, -0.2) is 4.98 Å². The largest absolute Gasteiger partial charge is 0.492 e. The molecule has 4 rings (SSSR count). The fourth-order valence-corrected chi connectivity index (χ4v) is 3.71. The summed E-state index contributed by atoms with van der Waals surface area (Å²) in [6.07, 6.45) is 1.81. The molecule has 3 aromatic rings. The molecule has 2 aromatic carbocycles. The molecule has 1 fully saturated rings. The monoisotopic (exact) mass is 391 g/mol. The number of fused-ring (bicyclic) bond motifs is 1. The first-order valence-corrected chi connectivity index (χ1v) is 9.81. The Balaban J connectivity index is 1.37. The van der Waals surface area contributed by atoms with Gasteiger partial charge in [0.05, 0.1) is 17.5 Å². The number of nitrogens with zero attached hydrogens (tertiary/aromatic N) is 3. The molecule has 1 aromatic heterocycles. The number of amides is 1. The van der Waals surface area contributed by atoms with Crippen LogP contribution in [0, 0.1) is 12.8 Å². The lowest BCUT2D eigenvalue weighted by molar-refractivity contribution is 0.0661. The van der Waals surface area contributed by atoms with E-state index in [9.17, 15) is 4.79 Å². The van der Waals surface area contributed by atoms with Gasteiger partial charge in [-0.2, -0.15) is 4.98 Å². The smallest absolute Gasteiger partial charge is 0.253 e. The molecule has 2 heterocycles. The first-order chi connectivity index (χ1) is 14.0. The van der Waals surface area contributed by atoms with Gasteiger partial charge in [0.1, 0.15) is 11.6 Å². The second kappa shape index (κ2) is 7.95. The summed E-state index contributed by atoms with van der Waals surface area (Å²) in [4.78, 5) is 22.8. The SMILES string of the molecule is Cc1ccc(C(=O)N2CCC(COc3cccc4nc(N)nc(N)c34)CC2)cc1. The molecule has 1 amide bonds. The Kier molecular flexibility index (Phi) is 5.20. The van der Waals surface area contributed by atoms with Gasteiger partial charge in [0.15, 0.2) is 0 Å². The Labute approximate surface area is 169 Å². The zero-order valence-electron chi connectivity index (χ0n) is 16.5. The summed E-state index contributed by atoms with van der Waals surface area (Å²) in [5, 5.41) is 0.689. The topological polar surface area (TPSA) is 107 Å². The fourth-order valence-electron chi connectivity index (χ4n) is 3.71. The number of ether oxygens (including phenoxy) is 1. The molecule has 7 heteroatoms. The number of benzene rings is 2. The van der Waals surface area contributed by atoms with Crippen LogP contribution < -0.4 is 16.2 Å². The Bertz CT molecular complexity index is 1030. The Hall–Kier alpha value is -3.35. The van der Waals surface area contributed by atoms with E-state index in [1.54, 1.807) is 0 Å². The quantitative estimate of drug-likeness (QED) is 0.708. The lowest BCUT2D eigenvalue weighted by atomic mass is 9.97. The normalized spacial score (nSPS) is 14.9. The van der Waals surface area contributed by atoms with Crippen LogP contribution >= 0.6 is 0 Å². The standard InChI is InChI=1S/C22H25N5O2/c1-14-5-7-16(8-6-14)21(28)27-11-9-15(10-12-27)13-29-18-4-2-3-17-19(18)20(23)26-22(24)25-17/h2-8,15H,9-13H2,1H3,(H4,23,24,25,26). The van der Waals surface area contributed by atoms with Crippen LogP contribution in [0.1, 0.15) is 28.8 Å². The van der Waals surface area contributed by atoms with E-state index < -0.39 is 0 Å². The van der Waals surface area contributed by atoms with E-state index in [1.165, 1.54) is 0 Å². The van der Waals surface area contributed by atoms with Crippen molar-refractivity contribution in [3.8, 4) is 5.75 Å². The third kappa shape index (κ3) is 4.08. The summed E-state index contributed by atoms with van der Waals surface area (Å²) in [5.41, 5.74) is 14.3. The van der Waals surface area contributed by atoms with Gasteiger partial charge in [-0.3, -0.25) is 4.79 Å². The van der Waals surface area contributed by atoms with Crippen LogP contribution in [-0.4, -0.2) is 40.5 Å². The van der Waals surface area contributed by atoms with Gasteiger partial charge >= 0.3 is 0 Å². The predicted octanol–water partition coefficient (Wildman–Crippen LogP) is 3.03. The van der Waals surface area contributed by atoms with E-state index in [2.05, 4.69) is 9.97 Å². The van der Waals surface area contributed by atoms with Gasteiger partial charge in [-0.05, 0) is 49.9 Å². The zero-order chi connectivity index (χ0) is 20.4. The maximum absolute atomic E-state index is 12.7. The number of carbonyl (C=O) groups is 1. The highest BCUT2D eigenvalue weighted by molar-refractivity contribution is 5.95. The molecule has 1 saturated heterocycles. The number of nitrogens with two attached hydrogens (primary N) is 2. The summed E-state index contributed by atoms with van der Waals surface area (Å²) < 4.78 is 6.07. The minimum absolute atomic E-state index is 0.0981. The van der Waals surface area contributed by atoms with Gasteiger partial charge in [-0.15, -0.1) is 0 Å². The second-order valence-electron chi connectivity index (χ2n) is 7.53. The molecule has 0 unspecified atom stereocenters. The molecule has 1 aliphatic heterocycles. The number of carbonyl (C=O) groups excluding carboxylic acids is 1. The Morgan fingerprint density at radius 1 is 1.10 bits per heavy atom. The zero-order valence-corrected chi connectivity index (χ0v) is 16.5. The maximum Gasteiger partial charge on any atom is 0.253 e. The minimum atomic E-state index is 0.0981. The highest BCUT2D eigenvalue weighted by Crippen LogP contribution is 2.30. The summed E-state index contributed by atoms with van der Waals surface area (Å²) >= 11 is 0. The molecule has 0 saturated carbocycles. The molecule has 0 spiro atoms. The first-order valence-electron chi connectivity index (χ1n) is 9.81. The molecule has 4 N–H and O–H groups in total. The van der Waals surface area contributed by atoms with Gasteiger partial charge in [0, 0.05) is 18.7 Å². The van der Waals surface area contributed by atoms with Crippen LogP contribution in [0.5, 0.6) is 5.75 Å². The maximum atomic E-state index is 12.7. The minimum Gasteiger partial charge on any atom is -0.492 e. The highest BCUT2D eigenvalue weighted by Gasteiger charge is 2.24. The summed E-state index contributed by atoms with van der Waals surface area (Å²) in [7, 11) is 0. The van der Waals surface area contributed by atoms with Gasteiger partial charge in [-0.1, -0.05) is 23.8 Å². The van der Waals surface area contributed by atoms with E-state index in [1.807, 2.05) is 54.3 Å². The van der Waals surface area contributed by atoms with E-state index in [4.69, 9.17) is 16.2 Å². The Morgan fingerprint density at radius 3 is 2.55 bits per heavy atom. The van der Waals surface area contributed by atoms with Gasteiger partial charge in [0.2, 0.25) is 5.95 Å². The number of hydrogen-bond acceptors (Lipinski definition) is 6. The summed E-state index contributed by atoms with van der Waals surface area (Å²) in [6.45, 7) is 4.05. The summed E-state index contributed by atoms with van der Waals surface area (Å²) in [6, 6.07) is 13.3. The van der Waals surface area contributed by atoms with Crippen molar-refractivity contribution >= 4 is 28.6 Å². The molecule has 0 atom stereocenters. The fraction of sp³-hybridized carbons (Fsp3) is 0.318. The van der Waals surface area contributed by atoms with Crippen molar-refractivity contribution < 1.29 is 9.53 Å². The van der Waals surface area contributed by atoms with Crippen molar-refractivity contribution in [3.05, 3.63) is 53.6 Å². The first kappa shape index (κ1) is 19.0. The highest BCUT2D eigenvalue weighted by atomic mass is 16.5. The van der Waals surface area contributed by atoms with Crippen LogP contribution in [0.15, 0.2) is 42.5 Å². The number of aromatic nitrogens is 2. The molecule has 1 aliphatic rings. The third-order valence-electron chi connectivity index (χ3n) is 5.41. The average Bonchev–Trinajstić information content (AvgIpc) is 2.72. The van der Waals surface area contributed by atoms with Crippen molar-refractivity contribution in [2.75, 3.05) is 31.2 Å². The van der Waals surface area contributed by atoms with Crippen LogP contribution in [0.2, 0.25) is 0 Å². The molecular formula is C22H25N5O2. The lowest BCUT2D eigenvalue weighted by Crippen LogP contribution is -2.39. The number of aryl methyl sites for hydroxylation is 1. The molecule has 0 aliphatic carbocycles. The molecule has 150 valence electrons. The van der Waals surface area contributed by atoms with Crippen molar-refractivity contribution in [1.29, 1.82) is 0 Å². The van der Waals surface area contributed by atoms with Crippen LogP contribution in [0.4, 0.5) is 11.8 Å². The van der Waals surface area contributed by atoms with E-state index >= 15 is 0 Å². The molecular weight excluding hydrogens is 366 g/mol. The van der Waals surface area contributed by atoms with Crippen LogP contribution in [-0.2, 0) is 0 Å². The summed E-state index contributed by atoms with van der Waals surface area (Å²) in [5.74, 6) is 1.61. The van der Waals surface area contributed by atoms with Crippen molar-refractivity contribution in [2.45, 2.75) is 19.8 Å². The number of rotatable bonds is 4. The lowest BCUT2D eigenvalue weighted by Gasteiger charge is -2.32. The number of nitrogen functional groups attached to an aromatic ring is 2. The molecule has 29 heavy (non-hydrogen) atoms. The van der Waals surface area contributed by atoms with Crippen molar-refractivity contribution in [1.82, 2.24) is 14.9 Å².